The molecule has 23 heavy (non-hydrogen) atoms. The number of allylic oxidation sites excluding steroid dienone is 1. The number of carbonyl (C=O) groups is 2. The van der Waals surface area contributed by atoms with Crippen molar-refractivity contribution in [1.29, 1.82) is 0 Å². The van der Waals surface area contributed by atoms with Crippen LogP contribution in [0.15, 0.2) is 52.7 Å². The molecule has 0 saturated carbocycles. The molecule has 6 heteroatoms. The molecule has 0 aliphatic carbocycles. The molecule has 0 N–H and O–H groups in total. The molecular formula is C17H16N2O4. The van der Waals surface area contributed by atoms with E-state index in [9.17, 15) is 9.59 Å². The molecule has 0 saturated heterocycles. The first-order chi connectivity index (χ1) is 11.1. The maximum Gasteiger partial charge on any atom is 0.263 e. The smallest absolute Gasteiger partial charge is 0.263 e. The van der Waals surface area contributed by atoms with Gasteiger partial charge < -0.3 is 9.47 Å². The van der Waals surface area contributed by atoms with Gasteiger partial charge in [-0.3, -0.25) is 9.59 Å². The van der Waals surface area contributed by atoms with Gasteiger partial charge in [0.2, 0.25) is 5.90 Å². The van der Waals surface area contributed by atoms with Crippen LogP contribution in [0.5, 0.6) is 0 Å². The van der Waals surface area contributed by atoms with Crippen LogP contribution >= 0.6 is 0 Å². The molecule has 1 atom stereocenters. The zero-order valence-corrected chi connectivity index (χ0v) is 13.1. The van der Waals surface area contributed by atoms with Crippen LogP contribution in [0.25, 0.3) is 0 Å². The van der Waals surface area contributed by atoms with Gasteiger partial charge in [-0.1, -0.05) is 12.1 Å². The van der Waals surface area contributed by atoms with Crippen LogP contribution in [-0.2, 0) is 9.47 Å². The lowest BCUT2D eigenvalue weighted by atomic mass is 10.1. The van der Waals surface area contributed by atoms with Gasteiger partial charge in [0.15, 0.2) is 6.17 Å². The summed E-state index contributed by atoms with van der Waals surface area (Å²) in [6, 6.07) is 6.76. The number of amides is 2. The van der Waals surface area contributed by atoms with Gasteiger partial charge in [-0.25, -0.2) is 9.89 Å². The minimum absolute atomic E-state index is 0.288. The molecule has 2 aliphatic rings. The molecule has 1 aromatic rings. The van der Waals surface area contributed by atoms with Gasteiger partial charge in [-0.05, 0) is 30.7 Å². The number of rotatable bonds is 2. The van der Waals surface area contributed by atoms with Gasteiger partial charge in [-0.15, -0.1) is 0 Å². The summed E-state index contributed by atoms with van der Waals surface area (Å²) >= 11 is 0. The van der Waals surface area contributed by atoms with E-state index < -0.39 is 6.17 Å². The molecule has 0 spiro atoms. The van der Waals surface area contributed by atoms with E-state index in [1.54, 1.807) is 43.3 Å². The third-order valence-corrected chi connectivity index (χ3v) is 3.81. The zero-order chi connectivity index (χ0) is 16.6. The van der Waals surface area contributed by atoms with E-state index in [2.05, 4.69) is 4.99 Å². The van der Waals surface area contributed by atoms with Crippen molar-refractivity contribution in [2.24, 2.45) is 4.99 Å². The third kappa shape index (κ3) is 2.42. The fraction of sp³-hybridized carbons (Fsp3) is 0.235. The summed E-state index contributed by atoms with van der Waals surface area (Å²) in [5.41, 5.74) is 1.49. The molecule has 0 radical (unpaired) electrons. The molecule has 0 fully saturated rings. The summed E-state index contributed by atoms with van der Waals surface area (Å²) in [4.78, 5) is 30.8. The van der Waals surface area contributed by atoms with Crippen molar-refractivity contribution < 1.29 is 19.1 Å². The van der Waals surface area contributed by atoms with Crippen LogP contribution in [0.2, 0.25) is 0 Å². The Morgan fingerprint density at radius 1 is 1.00 bits per heavy atom. The number of hydrogen-bond acceptors (Lipinski definition) is 5. The topological polar surface area (TPSA) is 68.2 Å². The molecule has 0 aromatic heterocycles. The molecule has 1 aromatic carbocycles. The van der Waals surface area contributed by atoms with Gasteiger partial charge in [0, 0.05) is 6.08 Å². The van der Waals surface area contributed by atoms with Crippen LogP contribution in [0.3, 0.4) is 0 Å². The number of hydrogen-bond donors (Lipinski definition) is 0. The van der Waals surface area contributed by atoms with Gasteiger partial charge in [0.25, 0.3) is 11.8 Å². The first-order valence-electron chi connectivity index (χ1n) is 7.09. The summed E-state index contributed by atoms with van der Waals surface area (Å²) in [7, 11) is 3.01. The van der Waals surface area contributed by atoms with Crippen LogP contribution in [0.1, 0.15) is 27.6 Å². The molecular weight excluding hydrogens is 296 g/mol. The molecule has 2 heterocycles. The Morgan fingerprint density at radius 2 is 1.61 bits per heavy atom. The van der Waals surface area contributed by atoms with E-state index >= 15 is 0 Å². The van der Waals surface area contributed by atoms with Gasteiger partial charge in [0.1, 0.15) is 5.76 Å². The van der Waals surface area contributed by atoms with E-state index in [-0.39, 0.29) is 17.7 Å². The van der Waals surface area contributed by atoms with Crippen LogP contribution in [-0.4, -0.2) is 43.0 Å². The second-order valence-corrected chi connectivity index (χ2v) is 5.21. The summed E-state index contributed by atoms with van der Waals surface area (Å²) in [6.07, 6.45) is 2.59. The molecule has 2 aliphatic heterocycles. The Bertz CT molecular complexity index is 742. The lowest BCUT2D eigenvalue weighted by molar-refractivity contribution is 0.0611. The summed E-state index contributed by atoms with van der Waals surface area (Å²) in [5.74, 6) is 0.116. The predicted octanol–water partition coefficient (Wildman–Crippen LogP) is 2.14. The molecule has 1 unspecified atom stereocenters. The highest BCUT2D eigenvalue weighted by molar-refractivity contribution is 6.21. The van der Waals surface area contributed by atoms with E-state index in [1.165, 1.54) is 14.2 Å². The van der Waals surface area contributed by atoms with Crippen molar-refractivity contribution in [3.63, 3.8) is 0 Å². The Hall–Kier alpha value is -2.89. The van der Waals surface area contributed by atoms with E-state index in [1.807, 2.05) is 0 Å². The number of fused-ring (bicyclic) bond motifs is 1. The Morgan fingerprint density at radius 3 is 2.13 bits per heavy atom. The van der Waals surface area contributed by atoms with E-state index in [0.717, 1.165) is 4.90 Å². The number of carbonyl (C=O) groups excluding carboxylic acids is 2. The highest BCUT2D eigenvalue weighted by Gasteiger charge is 2.41. The highest BCUT2D eigenvalue weighted by Crippen LogP contribution is 2.29. The molecule has 118 valence electrons. The number of imide groups is 1. The van der Waals surface area contributed by atoms with Crippen molar-refractivity contribution >= 4 is 17.7 Å². The molecule has 0 bridgehead atoms. The minimum atomic E-state index is -0.763. The lowest BCUT2D eigenvalue weighted by Crippen LogP contribution is -2.40. The highest BCUT2D eigenvalue weighted by atomic mass is 16.5. The number of benzene rings is 1. The Balaban J connectivity index is 2.05. The van der Waals surface area contributed by atoms with Crippen molar-refractivity contribution in [2.75, 3.05) is 14.2 Å². The minimum Gasteiger partial charge on any atom is -0.497 e. The predicted molar refractivity (Wildman–Crippen MR) is 84.0 cm³/mol. The molecule has 2 amide bonds. The number of ether oxygens (including phenoxy) is 2. The van der Waals surface area contributed by atoms with Crippen LogP contribution in [0.4, 0.5) is 0 Å². The van der Waals surface area contributed by atoms with Crippen molar-refractivity contribution in [2.45, 2.75) is 13.1 Å². The first kappa shape index (κ1) is 15.0. The van der Waals surface area contributed by atoms with Crippen LogP contribution < -0.4 is 0 Å². The second-order valence-electron chi connectivity index (χ2n) is 5.21. The summed E-state index contributed by atoms with van der Waals surface area (Å²) < 4.78 is 10.4. The number of nitrogens with zero attached hydrogens (tertiary/aromatic N) is 2. The average Bonchev–Trinajstić information content (AvgIpc) is 2.71. The van der Waals surface area contributed by atoms with Crippen molar-refractivity contribution in [1.82, 2.24) is 4.90 Å². The molecule has 3 rings (SSSR count). The van der Waals surface area contributed by atoms with Gasteiger partial charge in [-0.2, -0.15) is 0 Å². The fourth-order valence-corrected chi connectivity index (χ4v) is 2.64. The first-order valence-corrected chi connectivity index (χ1v) is 7.09. The quantitative estimate of drug-likeness (QED) is 0.785. The monoisotopic (exact) mass is 312 g/mol. The standard InChI is InChI=1S/C17H16N2O4/c1-10-8-11(22-2)9-14(23-3)18-15(10)19-16(20)12-6-4-5-7-13(12)17(19)21/h4-9,15H,1-3H3. The maximum absolute atomic E-state index is 12.6. The second kappa shape index (κ2) is 5.72. The van der Waals surface area contributed by atoms with Gasteiger partial charge in [0.05, 0.1) is 25.3 Å². The summed E-state index contributed by atoms with van der Waals surface area (Å²) in [6.45, 7) is 1.79. The Labute approximate surface area is 133 Å². The largest absolute Gasteiger partial charge is 0.497 e. The average molecular weight is 312 g/mol. The van der Waals surface area contributed by atoms with Crippen LogP contribution in [0, 0.1) is 0 Å². The third-order valence-electron chi connectivity index (χ3n) is 3.81. The van der Waals surface area contributed by atoms with Crippen molar-refractivity contribution in [3.8, 4) is 0 Å². The normalized spacial score (nSPS) is 20.4. The van der Waals surface area contributed by atoms with Crippen molar-refractivity contribution in [3.05, 3.63) is 58.9 Å². The zero-order valence-electron chi connectivity index (χ0n) is 13.1. The summed E-state index contributed by atoms with van der Waals surface area (Å²) in [5, 5.41) is 0. The maximum atomic E-state index is 12.6. The SMILES string of the molecule is COC1=CC(OC)=NC(N2C(=O)c3ccccc3C2=O)C(C)=C1. The van der Waals surface area contributed by atoms with E-state index in [4.69, 9.17) is 9.47 Å². The van der Waals surface area contributed by atoms with E-state index in [0.29, 0.717) is 22.5 Å². The Kier molecular flexibility index (Phi) is 3.73. The lowest BCUT2D eigenvalue weighted by Gasteiger charge is -2.23. The van der Waals surface area contributed by atoms with Gasteiger partial charge >= 0.3 is 0 Å². The fourth-order valence-electron chi connectivity index (χ4n) is 2.64. The number of aliphatic imine (C=N–C) groups is 1. The number of methoxy groups -OCH3 is 2. The molecule has 6 nitrogen and oxygen atoms in total.